The van der Waals surface area contributed by atoms with Crippen molar-refractivity contribution >= 4 is 5.91 Å². The summed E-state index contributed by atoms with van der Waals surface area (Å²) in [5.74, 6) is 0.337. The van der Waals surface area contributed by atoms with Gasteiger partial charge in [-0.25, -0.2) is 0 Å². The number of amides is 1. The number of nitrogens with zero attached hydrogens (tertiary/aromatic N) is 3. The number of hydrogen-bond donors (Lipinski definition) is 0. The summed E-state index contributed by atoms with van der Waals surface area (Å²) in [5, 5.41) is 0. The van der Waals surface area contributed by atoms with Crippen LogP contribution in [0, 0.1) is 0 Å². The molecule has 2 rings (SSSR count). The molecule has 0 aliphatic carbocycles. The molecule has 1 amide bonds. The van der Waals surface area contributed by atoms with Crippen molar-refractivity contribution in [3.63, 3.8) is 0 Å². The van der Waals surface area contributed by atoms with E-state index in [2.05, 4.69) is 23.9 Å². The van der Waals surface area contributed by atoms with Gasteiger partial charge in [-0.3, -0.25) is 14.6 Å². The average molecular weight is 227 g/mol. The van der Waals surface area contributed by atoms with Gasteiger partial charge in [0.1, 0.15) is 0 Å². The minimum atomic E-state index is 0.337. The van der Waals surface area contributed by atoms with Gasteiger partial charge in [-0.2, -0.15) is 0 Å². The standard InChI is InChI=1S/C7H13NO.C5H12N2/c1-2-8-6-4-3-5-7(8)9;1-6-3-4-7(2)5-6/h2-6H2,1H3;3-5H2,1-2H3. The summed E-state index contributed by atoms with van der Waals surface area (Å²) in [5.41, 5.74) is 0. The zero-order valence-electron chi connectivity index (χ0n) is 10.9. The van der Waals surface area contributed by atoms with Crippen molar-refractivity contribution in [1.82, 2.24) is 14.7 Å². The average Bonchev–Trinajstić information content (AvgIpc) is 2.64. The van der Waals surface area contributed by atoms with Crippen LogP contribution >= 0.6 is 0 Å². The van der Waals surface area contributed by atoms with Crippen LogP contribution in [0.1, 0.15) is 26.2 Å². The predicted molar refractivity (Wildman–Crippen MR) is 66.2 cm³/mol. The van der Waals surface area contributed by atoms with Crippen LogP contribution in [-0.2, 0) is 4.79 Å². The van der Waals surface area contributed by atoms with Gasteiger partial charge in [-0.05, 0) is 33.9 Å². The molecule has 0 aromatic rings. The molecule has 0 radical (unpaired) electrons. The molecule has 2 heterocycles. The van der Waals surface area contributed by atoms with E-state index in [4.69, 9.17) is 0 Å². The summed E-state index contributed by atoms with van der Waals surface area (Å²) in [6, 6.07) is 0. The Labute approximate surface area is 99.2 Å². The van der Waals surface area contributed by atoms with E-state index in [0.717, 1.165) is 32.6 Å². The van der Waals surface area contributed by atoms with E-state index in [-0.39, 0.29) is 0 Å². The largest absolute Gasteiger partial charge is 0.343 e. The Kier molecular flexibility index (Phi) is 5.77. The van der Waals surface area contributed by atoms with Crippen LogP contribution in [0.15, 0.2) is 0 Å². The lowest BCUT2D eigenvalue weighted by Crippen LogP contribution is -2.34. The maximum absolute atomic E-state index is 11.0. The van der Waals surface area contributed by atoms with Crippen molar-refractivity contribution in [3.8, 4) is 0 Å². The first-order valence-corrected chi connectivity index (χ1v) is 6.28. The second-order valence-electron chi connectivity index (χ2n) is 4.73. The van der Waals surface area contributed by atoms with Gasteiger partial charge in [0.2, 0.25) is 5.91 Å². The molecular weight excluding hydrogens is 202 g/mol. The Morgan fingerprint density at radius 2 is 1.69 bits per heavy atom. The maximum Gasteiger partial charge on any atom is 0.222 e. The fraction of sp³-hybridized carbons (Fsp3) is 0.917. The maximum atomic E-state index is 11.0. The third-order valence-electron chi connectivity index (χ3n) is 3.15. The minimum absolute atomic E-state index is 0.337. The Balaban J connectivity index is 0.000000165. The van der Waals surface area contributed by atoms with E-state index in [1.165, 1.54) is 19.5 Å². The molecule has 0 spiro atoms. The van der Waals surface area contributed by atoms with Crippen molar-refractivity contribution in [1.29, 1.82) is 0 Å². The molecule has 0 atom stereocenters. The molecule has 2 aliphatic heterocycles. The van der Waals surface area contributed by atoms with Crippen molar-refractivity contribution in [2.75, 3.05) is 46.9 Å². The first kappa shape index (κ1) is 13.5. The van der Waals surface area contributed by atoms with Crippen LogP contribution in [0.5, 0.6) is 0 Å². The molecule has 4 nitrogen and oxygen atoms in total. The Morgan fingerprint density at radius 3 is 2.00 bits per heavy atom. The molecule has 0 saturated carbocycles. The number of rotatable bonds is 1. The van der Waals surface area contributed by atoms with Crippen LogP contribution in [-0.4, -0.2) is 67.5 Å². The Hall–Kier alpha value is -0.610. The first-order valence-electron chi connectivity index (χ1n) is 6.28. The number of piperidine rings is 1. The highest BCUT2D eigenvalue weighted by Gasteiger charge is 2.14. The van der Waals surface area contributed by atoms with Crippen molar-refractivity contribution in [2.45, 2.75) is 26.2 Å². The van der Waals surface area contributed by atoms with Gasteiger partial charge < -0.3 is 4.90 Å². The summed E-state index contributed by atoms with van der Waals surface area (Å²) in [6.45, 7) is 7.50. The Morgan fingerprint density at radius 1 is 1.06 bits per heavy atom. The summed E-state index contributed by atoms with van der Waals surface area (Å²) < 4.78 is 0. The van der Waals surface area contributed by atoms with Crippen LogP contribution in [0.4, 0.5) is 0 Å². The van der Waals surface area contributed by atoms with Crippen molar-refractivity contribution in [3.05, 3.63) is 0 Å². The van der Waals surface area contributed by atoms with Gasteiger partial charge in [0, 0.05) is 32.6 Å². The quantitative estimate of drug-likeness (QED) is 0.664. The lowest BCUT2D eigenvalue weighted by molar-refractivity contribution is -0.132. The van der Waals surface area contributed by atoms with Gasteiger partial charge in [0.05, 0.1) is 6.67 Å². The molecule has 2 fully saturated rings. The number of carbonyl (C=O) groups excluding carboxylic acids is 1. The number of likely N-dealkylation sites (N-methyl/N-ethyl adjacent to an activating group) is 2. The fourth-order valence-electron chi connectivity index (χ4n) is 2.09. The zero-order valence-corrected chi connectivity index (χ0v) is 10.9. The van der Waals surface area contributed by atoms with E-state index in [1.807, 2.05) is 11.8 Å². The summed E-state index contributed by atoms with van der Waals surface area (Å²) >= 11 is 0. The third kappa shape index (κ3) is 4.49. The van der Waals surface area contributed by atoms with Gasteiger partial charge in [-0.1, -0.05) is 0 Å². The van der Waals surface area contributed by atoms with E-state index >= 15 is 0 Å². The second kappa shape index (κ2) is 6.86. The molecule has 2 aliphatic rings. The van der Waals surface area contributed by atoms with Crippen LogP contribution < -0.4 is 0 Å². The van der Waals surface area contributed by atoms with Gasteiger partial charge in [0.25, 0.3) is 0 Å². The van der Waals surface area contributed by atoms with Gasteiger partial charge >= 0.3 is 0 Å². The number of likely N-dealkylation sites (tertiary alicyclic amines) is 1. The second-order valence-corrected chi connectivity index (χ2v) is 4.73. The van der Waals surface area contributed by atoms with Crippen LogP contribution in [0.2, 0.25) is 0 Å². The van der Waals surface area contributed by atoms with E-state index in [9.17, 15) is 4.79 Å². The molecule has 0 unspecified atom stereocenters. The first-order chi connectivity index (χ1) is 7.63. The zero-order chi connectivity index (χ0) is 12.0. The lowest BCUT2D eigenvalue weighted by atomic mass is 10.1. The van der Waals surface area contributed by atoms with Gasteiger partial charge in [0.15, 0.2) is 0 Å². The highest BCUT2D eigenvalue weighted by molar-refractivity contribution is 5.76. The fourth-order valence-corrected chi connectivity index (χ4v) is 2.09. The smallest absolute Gasteiger partial charge is 0.222 e. The molecular formula is C12H25N3O. The van der Waals surface area contributed by atoms with E-state index in [1.54, 1.807) is 0 Å². The highest BCUT2D eigenvalue weighted by Crippen LogP contribution is 2.08. The van der Waals surface area contributed by atoms with E-state index in [0.29, 0.717) is 5.91 Å². The molecule has 0 aromatic carbocycles. The molecule has 0 N–H and O–H groups in total. The number of carbonyl (C=O) groups is 1. The molecule has 94 valence electrons. The SMILES string of the molecule is CCN1CCCCC1=O.CN1CCN(C)C1. The van der Waals surface area contributed by atoms with Crippen LogP contribution in [0.25, 0.3) is 0 Å². The summed E-state index contributed by atoms with van der Waals surface area (Å²) in [6.07, 6.45) is 3.06. The molecule has 0 aromatic heterocycles. The molecule has 0 bridgehead atoms. The predicted octanol–water partition coefficient (Wildman–Crippen LogP) is 0.840. The molecule has 16 heavy (non-hydrogen) atoms. The number of hydrogen-bond acceptors (Lipinski definition) is 3. The summed E-state index contributed by atoms with van der Waals surface area (Å²) in [7, 11) is 4.28. The monoisotopic (exact) mass is 227 g/mol. The lowest BCUT2D eigenvalue weighted by Gasteiger charge is -2.24. The van der Waals surface area contributed by atoms with E-state index < -0.39 is 0 Å². The van der Waals surface area contributed by atoms with Crippen LogP contribution in [0.3, 0.4) is 0 Å². The third-order valence-corrected chi connectivity index (χ3v) is 3.15. The Bertz CT molecular complexity index is 212. The van der Waals surface area contributed by atoms with Crippen molar-refractivity contribution in [2.24, 2.45) is 0 Å². The molecule has 2 saturated heterocycles. The molecule has 4 heteroatoms. The minimum Gasteiger partial charge on any atom is -0.343 e. The highest BCUT2D eigenvalue weighted by atomic mass is 16.2. The van der Waals surface area contributed by atoms with Crippen molar-refractivity contribution < 1.29 is 4.79 Å². The normalized spacial score (nSPS) is 23.2. The summed E-state index contributed by atoms with van der Waals surface area (Å²) in [4.78, 5) is 17.5. The van der Waals surface area contributed by atoms with Gasteiger partial charge in [-0.15, -0.1) is 0 Å². The topological polar surface area (TPSA) is 26.8 Å².